The average Bonchev–Trinajstić information content (AvgIpc) is 3.14. The molecular formula is C50H101O. The first kappa shape index (κ1) is 51.0. The van der Waals surface area contributed by atoms with Crippen molar-refractivity contribution in [2.24, 2.45) is 0 Å². The quantitative estimate of drug-likeness (QED) is 0.0621. The normalized spacial score (nSPS) is 11.6. The van der Waals surface area contributed by atoms with Gasteiger partial charge in [-0.15, -0.1) is 0 Å². The molecule has 0 aliphatic rings. The van der Waals surface area contributed by atoms with E-state index in [9.17, 15) is 0 Å². The van der Waals surface area contributed by atoms with Crippen LogP contribution in [0.1, 0.15) is 308 Å². The Labute approximate surface area is 325 Å². The summed E-state index contributed by atoms with van der Waals surface area (Å²) in [4.78, 5) is 0. The number of unbranched alkanes of at least 4 members (excludes halogenated alkanes) is 47. The van der Waals surface area contributed by atoms with Crippen molar-refractivity contribution in [1.29, 1.82) is 0 Å². The van der Waals surface area contributed by atoms with Crippen LogP contribution in [0.3, 0.4) is 0 Å². The minimum atomic E-state index is 0.374. The largest absolute Gasteiger partial charge is 0.396 e. The highest BCUT2D eigenvalue weighted by Crippen LogP contribution is 2.18. The summed E-state index contributed by atoms with van der Waals surface area (Å²) in [5.74, 6) is 0. The highest BCUT2D eigenvalue weighted by atomic mass is 16.2. The molecule has 1 radical (unpaired) electrons. The van der Waals surface area contributed by atoms with E-state index in [1.807, 2.05) is 0 Å². The van der Waals surface area contributed by atoms with E-state index in [1.54, 1.807) is 0 Å². The lowest BCUT2D eigenvalue weighted by Crippen LogP contribution is -1.85. The van der Waals surface area contributed by atoms with Gasteiger partial charge in [0.05, 0.1) is 0 Å². The van der Waals surface area contributed by atoms with E-state index >= 15 is 0 Å². The van der Waals surface area contributed by atoms with E-state index in [1.165, 1.54) is 295 Å². The van der Waals surface area contributed by atoms with Crippen LogP contribution in [-0.2, 0) is 0 Å². The predicted octanol–water partition coefficient (Wildman–Crippen LogP) is 18.5. The van der Waals surface area contributed by atoms with Crippen molar-refractivity contribution in [2.45, 2.75) is 308 Å². The fraction of sp³-hybridized carbons (Fsp3) is 0.980. The third kappa shape index (κ3) is 50.0. The van der Waals surface area contributed by atoms with Crippen molar-refractivity contribution in [1.82, 2.24) is 0 Å². The van der Waals surface area contributed by atoms with Crippen molar-refractivity contribution in [2.75, 3.05) is 6.61 Å². The van der Waals surface area contributed by atoms with Crippen LogP contribution in [0.2, 0.25) is 0 Å². The summed E-state index contributed by atoms with van der Waals surface area (Å²) >= 11 is 0. The van der Waals surface area contributed by atoms with E-state index in [0.717, 1.165) is 12.8 Å². The molecule has 0 saturated heterocycles. The van der Waals surface area contributed by atoms with Gasteiger partial charge in [0.25, 0.3) is 0 Å². The monoisotopic (exact) mass is 718 g/mol. The molecule has 0 spiro atoms. The molecule has 0 saturated carbocycles. The Bertz CT molecular complexity index is 509. The lowest BCUT2D eigenvalue weighted by atomic mass is 10.0. The van der Waals surface area contributed by atoms with Crippen LogP contribution < -0.4 is 0 Å². The Morgan fingerprint density at radius 3 is 0.353 bits per heavy atom. The van der Waals surface area contributed by atoms with E-state index in [-0.39, 0.29) is 0 Å². The third-order valence-electron chi connectivity index (χ3n) is 11.9. The van der Waals surface area contributed by atoms with Gasteiger partial charge in [-0.1, -0.05) is 309 Å². The van der Waals surface area contributed by atoms with Gasteiger partial charge in [0.1, 0.15) is 0 Å². The fourth-order valence-electron chi connectivity index (χ4n) is 8.24. The van der Waals surface area contributed by atoms with Crippen LogP contribution in [0.15, 0.2) is 0 Å². The molecule has 0 aliphatic carbocycles. The first-order valence-electron chi connectivity index (χ1n) is 24.8. The molecule has 0 rings (SSSR count). The summed E-state index contributed by atoms with van der Waals surface area (Å²) in [6, 6.07) is 0. The predicted molar refractivity (Wildman–Crippen MR) is 234 cm³/mol. The minimum Gasteiger partial charge on any atom is -0.396 e. The SMILES string of the molecule is [CH2]CCCCCCCCCCCCCCCCCCCCCCCCCCCCCCCCCCCCCCCCCCCCCCCCCO. The standard InChI is InChI=1S/C50H101O/c1-2-3-4-5-6-7-8-9-10-11-12-13-14-15-16-17-18-19-20-21-22-23-24-25-26-27-28-29-30-31-32-33-34-35-36-37-38-39-40-41-42-43-44-45-46-47-48-49-50-51/h51H,1-50H2. The molecule has 0 amide bonds. The van der Waals surface area contributed by atoms with Gasteiger partial charge in [-0.25, -0.2) is 0 Å². The maximum atomic E-state index is 8.81. The number of hydrogen-bond acceptors (Lipinski definition) is 1. The van der Waals surface area contributed by atoms with Crippen LogP contribution in [0.5, 0.6) is 0 Å². The van der Waals surface area contributed by atoms with Crippen molar-refractivity contribution in [3.8, 4) is 0 Å². The van der Waals surface area contributed by atoms with E-state index in [2.05, 4.69) is 6.92 Å². The summed E-state index contributed by atoms with van der Waals surface area (Å²) in [5, 5.41) is 8.81. The van der Waals surface area contributed by atoms with Crippen LogP contribution in [-0.4, -0.2) is 11.7 Å². The van der Waals surface area contributed by atoms with Crippen LogP contribution in [0.4, 0.5) is 0 Å². The van der Waals surface area contributed by atoms with Gasteiger partial charge in [-0.05, 0) is 6.42 Å². The second-order valence-corrected chi connectivity index (χ2v) is 17.2. The third-order valence-corrected chi connectivity index (χ3v) is 11.9. The molecule has 0 unspecified atom stereocenters. The van der Waals surface area contributed by atoms with Gasteiger partial charge < -0.3 is 5.11 Å². The smallest absolute Gasteiger partial charge is 0.0431 e. The van der Waals surface area contributed by atoms with Gasteiger partial charge >= 0.3 is 0 Å². The number of hydrogen-bond donors (Lipinski definition) is 1. The maximum Gasteiger partial charge on any atom is 0.0431 e. The second-order valence-electron chi connectivity index (χ2n) is 17.2. The molecule has 0 heterocycles. The molecule has 0 aromatic heterocycles. The summed E-state index contributed by atoms with van der Waals surface area (Å²) in [6.07, 6.45) is 69.4. The van der Waals surface area contributed by atoms with Gasteiger partial charge in [0.15, 0.2) is 0 Å². The van der Waals surface area contributed by atoms with Crippen LogP contribution in [0, 0.1) is 6.92 Å². The number of rotatable bonds is 48. The molecule has 1 N–H and O–H groups in total. The van der Waals surface area contributed by atoms with E-state index < -0.39 is 0 Å². The van der Waals surface area contributed by atoms with Crippen LogP contribution in [0.25, 0.3) is 0 Å². The topological polar surface area (TPSA) is 20.2 Å². The summed E-state index contributed by atoms with van der Waals surface area (Å²) in [5.41, 5.74) is 0. The molecule has 1 heteroatoms. The zero-order chi connectivity index (χ0) is 36.6. The first-order chi connectivity index (χ1) is 25.4. The van der Waals surface area contributed by atoms with Gasteiger partial charge in [-0.2, -0.15) is 0 Å². The molecule has 0 bridgehead atoms. The Balaban J connectivity index is 3.04. The molecule has 1 nitrogen and oxygen atoms in total. The van der Waals surface area contributed by atoms with E-state index in [4.69, 9.17) is 5.11 Å². The summed E-state index contributed by atoms with van der Waals surface area (Å²) < 4.78 is 0. The molecule has 0 aromatic rings. The highest BCUT2D eigenvalue weighted by molar-refractivity contribution is 4.54. The van der Waals surface area contributed by atoms with Crippen molar-refractivity contribution in [3.63, 3.8) is 0 Å². The lowest BCUT2D eigenvalue weighted by Gasteiger charge is -2.05. The van der Waals surface area contributed by atoms with Crippen LogP contribution >= 0.6 is 0 Å². The van der Waals surface area contributed by atoms with Gasteiger partial charge in [-0.3, -0.25) is 0 Å². The maximum absolute atomic E-state index is 8.81. The van der Waals surface area contributed by atoms with Crippen molar-refractivity contribution >= 4 is 0 Å². The molecule has 0 fully saturated rings. The fourth-order valence-corrected chi connectivity index (χ4v) is 8.24. The summed E-state index contributed by atoms with van der Waals surface area (Å²) in [7, 11) is 0. The highest BCUT2D eigenvalue weighted by Gasteiger charge is 1.99. The number of aliphatic hydroxyl groups is 1. The Morgan fingerprint density at radius 2 is 0.255 bits per heavy atom. The van der Waals surface area contributed by atoms with Gasteiger partial charge in [0, 0.05) is 6.61 Å². The Morgan fingerprint density at radius 1 is 0.157 bits per heavy atom. The molecule has 0 aromatic carbocycles. The van der Waals surface area contributed by atoms with Crippen molar-refractivity contribution in [3.05, 3.63) is 6.92 Å². The zero-order valence-electron chi connectivity index (χ0n) is 35.8. The van der Waals surface area contributed by atoms with E-state index in [0.29, 0.717) is 6.61 Å². The molecule has 51 heavy (non-hydrogen) atoms. The Hall–Kier alpha value is -0.0400. The minimum absolute atomic E-state index is 0.374. The first-order valence-corrected chi connectivity index (χ1v) is 24.8. The molecule has 307 valence electrons. The molecular weight excluding hydrogens is 617 g/mol. The van der Waals surface area contributed by atoms with Crippen molar-refractivity contribution < 1.29 is 5.11 Å². The lowest BCUT2D eigenvalue weighted by molar-refractivity contribution is 0.282. The molecule has 0 atom stereocenters. The van der Waals surface area contributed by atoms with Gasteiger partial charge in [0.2, 0.25) is 0 Å². The molecule has 0 aliphatic heterocycles. The average molecular weight is 718 g/mol. The second kappa shape index (κ2) is 50.0. The Kier molecular flexibility index (Phi) is 49.9. The number of aliphatic hydroxyl groups excluding tert-OH is 1. The zero-order valence-corrected chi connectivity index (χ0v) is 35.8. The summed E-state index contributed by atoms with van der Waals surface area (Å²) in [6.45, 7) is 4.31.